The van der Waals surface area contributed by atoms with E-state index >= 15 is 0 Å². The van der Waals surface area contributed by atoms with Crippen LogP contribution in [0.25, 0.3) is 0 Å². The second kappa shape index (κ2) is 12.6. The maximum atomic E-state index is 5.71. The minimum atomic E-state index is 0.455. The van der Waals surface area contributed by atoms with Gasteiger partial charge in [0.25, 0.3) is 0 Å². The van der Waals surface area contributed by atoms with Gasteiger partial charge in [-0.2, -0.15) is 0 Å². The summed E-state index contributed by atoms with van der Waals surface area (Å²) in [6.07, 6.45) is 6.30. The molecule has 1 heteroatoms. The van der Waals surface area contributed by atoms with E-state index in [0.717, 1.165) is 6.42 Å². The second-order valence-corrected chi connectivity index (χ2v) is 2.66. The Hall–Kier alpha value is -0.0400. The highest BCUT2D eigenvalue weighted by Crippen LogP contribution is 2.02. The Balaban J connectivity index is 0. The van der Waals surface area contributed by atoms with Gasteiger partial charge in [-0.25, -0.2) is 0 Å². The minimum absolute atomic E-state index is 0.455. The number of hydrogen-bond acceptors (Lipinski definition) is 1. The lowest BCUT2D eigenvalue weighted by Gasteiger charge is -2.05. The summed E-state index contributed by atoms with van der Waals surface area (Å²) in [7, 11) is 0. The topological polar surface area (TPSA) is 26.0 Å². The molecule has 1 nitrogen and oxygen atoms in total. The number of nitrogens with two attached hydrogens (primary N) is 1. The Kier molecular flexibility index (Phi) is 15.5. The summed E-state index contributed by atoms with van der Waals surface area (Å²) < 4.78 is 0. The standard InChI is InChI=1S/C8H19N.C2H6/c1-3-5-6-7-8(9)4-2;1-2/h8H,3-7,9H2,1-2H3;1-2H3. The van der Waals surface area contributed by atoms with Crippen LogP contribution in [0.5, 0.6) is 0 Å². The van der Waals surface area contributed by atoms with Gasteiger partial charge in [-0.1, -0.05) is 47.0 Å². The van der Waals surface area contributed by atoms with Gasteiger partial charge in [0.05, 0.1) is 0 Å². The van der Waals surface area contributed by atoms with Crippen molar-refractivity contribution in [1.29, 1.82) is 0 Å². The van der Waals surface area contributed by atoms with Crippen molar-refractivity contribution >= 4 is 0 Å². The van der Waals surface area contributed by atoms with Crippen LogP contribution in [-0.4, -0.2) is 6.04 Å². The lowest BCUT2D eigenvalue weighted by Crippen LogP contribution is -2.17. The molecule has 0 aliphatic heterocycles. The van der Waals surface area contributed by atoms with Gasteiger partial charge in [-0.3, -0.25) is 0 Å². The van der Waals surface area contributed by atoms with Gasteiger partial charge < -0.3 is 5.73 Å². The zero-order valence-electron chi connectivity index (χ0n) is 8.69. The summed E-state index contributed by atoms with van der Waals surface area (Å²) >= 11 is 0. The minimum Gasteiger partial charge on any atom is -0.328 e. The summed E-state index contributed by atoms with van der Waals surface area (Å²) in [5, 5.41) is 0. The average Bonchev–Trinajstić information content (AvgIpc) is 2.08. The average molecular weight is 159 g/mol. The Bertz CT molecular complexity index is 52.8. The fraction of sp³-hybridized carbons (Fsp3) is 1.00. The maximum absolute atomic E-state index is 5.71. The van der Waals surface area contributed by atoms with Crippen molar-refractivity contribution in [2.45, 2.75) is 65.8 Å². The van der Waals surface area contributed by atoms with Gasteiger partial charge in [-0.05, 0) is 12.8 Å². The molecular formula is C10H25N. The van der Waals surface area contributed by atoms with Gasteiger partial charge in [0, 0.05) is 6.04 Å². The van der Waals surface area contributed by atoms with E-state index in [9.17, 15) is 0 Å². The van der Waals surface area contributed by atoms with E-state index in [4.69, 9.17) is 5.73 Å². The van der Waals surface area contributed by atoms with Gasteiger partial charge in [0.2, 0.25) is 0 Å². The Morgan fingerprint density at radius 1 is 1.09 bits per heavy atom. The molecular weight excluding hydrogens is 134 g/mol. The molecule has 11 heavy (non-hydrogen) atoms. The van der Waals surface area contributed by atoms with Crippen LogP contribution in [0.4, 0.5) is 0 Å². The second-order valence-electron chi connectivity index (χ2n) is 2.66. The van der Waals surface area contributed by atoms with Crippen LogP contribution >= 0.6 is 0 Å². The van der Waals surface area contributed by atoms with Crippen LogP contribution in [0, 0.1) is 0 Å². The molecule has 0 aromatic carbocycles. The third-order valence-electron chi connectivity index (χ3n) is 1.70. The molecule has 0 heterocycles. The Morgan fingerprint density at radius 2 is 1.64 bits per heavy atom. The molecule has 1 atom stereocenters. The summed E-state index contributed by atoms with van der Waals surface area (Å²) in [5.74, 6) is 0. The molecule has 1 unspecified atom stereocenters. The van der Waals surface area contributed by atoms with E-state index in [1.54, 1.807) is 0 Å². The molecule has 0 saturated carbocycles. The van der Waals surface area contributed by atoms with Crippen LogP contribution in [0.1, 0.15) is 59.8 Å². The van der Waals surface area contributed by atoms with Gasteiger partial charge >= 0.3 is 0 Å². The smallest absolute Gasteiger partial charge is 0.00362 e. The Morgan fingerprint density at radius 3 is 2.00 bits per heavy atom. The van der Waals surface area contributed by atoms with Gasteiger partial charge in [-0.15, -0.1) is 0 Å². The first-order valence-electron chi connectivity index (χ1n) is 5.06. The third kappa shape index (κ3) is 13.0. The van der Waals surface area contributed by atoms with Crippen molar-refractivity contribution in [2.75, 3.05) is 0 Å². The Labute approximate surface area is 72.4 Å². The molecule has 0 aromatic heterocycles. The molecule has 2 N–H and O–H groups in total. The first-order chi connectivity index (χ1) is 5.31. The van der Waals surface area contributed by atoms with Gasteiger partial charge in [0.15, 0.2) is 0 Å². The molecule has 70 valence electrons. The molecule has 0 aliphatic rings. The summed E-state index contributed by atoms with van der Waals surface area (Å²) in [6, 6.07) is 0.455. The number of hydrogen-bond donors (Lipinski definition) is 1. The summed E-state index contributed by atoms with van der Waals surface area (Å²) in [4.78, 5) is 0. The summed E-state index contributed by atoms with van der Waals surface area (Å²) in [6.45, 7) is 8.37. The van der Waals surface area contributed by atoms with Crippen molar-refractivity contribution in [1.82, 2.24) is 0 Å². The van der Waals surface area contributed by atoms with E-state index in [2.05, 4.69) is 13.8 Å². The maximum Gasteiger partial charge on any atom is 0.00362 e. The monoisotopic (exact) mass is 159 g/mol. The number of unbranched alkanes of at least 4 members (excludes halogenated alkanes) is 2. The van der Waals surface area contributed by atoms with Crippen LogP contribution in [0.3, 0.4) is 0 Å². The van der Waals surface area contributed by atoms with Crippen LogP contribution in [0.2, 0.25) is 0 Å². The molecule has 0 amide bonds. The predicted octanol–water partition coefficient (Wildman–Crippen LogP) is 3.33. The quantitative estimate of drug-likeness (QED) is 0.612. The lowest BCUT2D eigenvalue weighted by molar-refractivity contribution is 0.547. The largest absolute Gasteiger partial charge is 0.328 e. The molecule has 0 radical (unpaired) electrons. The first-order valence-corrected chi connectivity index (χ1v) is 5.06. The van der Waals surface area contributed by atoms with Crippen molar-refractivity contribution < 1.29 is 0 Å². The molecule has 0 saturated heterocycles. The van der Waals surface area contributed by atoms with E-state index < -0.39 is 0 Å². The van der Waals surface area contributed by atoms with Crippen LogP contribution < -0.4 is 5.73 Å². The highest BCUT2D eigenvalue weighted by Gasteiger charge is 1.95. The molecule has 0 spiro atoms. The zero-order valence-corrected chi connectivity index (χ0v) is 8.69. The van der Waals surface area contributed by atoms with E-state index in [1.807, 2.05) is 13.8 Å². The SMILES string of the molecule is CC.CCCCCC(N)CC. The molecule has 0 bridgehead atoms. The van der Waals surface area contributed by atoms with E-state index in [0.29, 0.717) is 6.04 Å². The predicted molar refractivity (Wildman–Crippen MR) is 53.8 cm³/mol. The first kappa shape index (κ1) is 13.5. The van der Waals surface area contributed by atoms with Crippen LogP contribution in [0.15, 0.2) is 0 Å². The normalized spacial score (nSPS) is 11.7. The van der Waals surface area contributed by atoms with Gasteiger partial charge in [0.1, 0.15) is 0 Å². The lowest BCUT2D eigenvalue weighted by atomic mass is 10.1. The van der Waals surface area contributed by atoms with Crippen molar-refractivity contribution in [3.63, 3.8) is 0 Å². The van der Waals surface area contributed by atoms with Crippen molar-refractivity contribution in [3.05, 3.63) is 0 Å². The third-order valence-corrected chi connectivity index (χ3v) is 1.70. The fourth-order valence-corrected chi connectivity index (χ4v) is 0.861. The summed E-state index contributed by atoms with van der Waals surface area (Å²) in [5.41, 5.74) is 5.71. The van der Waals surface area contributed by atoms with E-state index in [-0.39, 0.29) is 0 Å². The van der Waals surface area contributed by atoms with Crippen LogP contribution in [-0.2, 0) is 0 Å². The molecule has 0 aliphatic carbocycles. The molecule has 0 aromatic rings. The highest BCUT2D eigenvalue weighted by atomic mass is 14.6. The van der Waals surface area contributed by atoms with E-state index in [1.165, 1.54) is 25.7 Å². The zero-order chi connectivity index (χ0) is 9.11. The molecule has 0 rings (SSSR count). The van der Waals surface area contributed by atoms with Crippen molar-refractivity contribution in [2.24, 2.45) is 5.73 Å². The van der Waals surface area contributed by atoms with Crippen molar-refractivity contribution in [3.8, 4) is 0 Å². The molecule has 0 fully saturated rings. The number of rotatable bonds is 5. The highest BCUT2D eigenvalue weighted by molar-refractivity contribution is 4.56. The fourth-order valence-electron chi connectivity index (χ4n) is 0.861.